The molecule has 0 aliphatic rings. The van der Waals surface area contributed by atoms with Crippen LogP contribution in [0.5, 0.6) is 0 Å². The minimum absolute atomic E-state index is 0.842. The Hall–Kier alpha value is -5.34. The largest absolute Gasteiger partial charge is 0.455 e. The van der Waals surface area contributed by atoms with Gasteiger partial charge in [-0.25, -0.2) is 0 Å². The monoisotopic (exact) mass is 512 g/mol. The van der Waals surface area contributed by atoms with Crippen molar-refractivity contribution in [3.8, 4) is 44.9 Å². The number of hydrogen-bond donors (Lipinski definition) is 0. The SMILES string of the molecule is c1ccc(-c2ccccc2-c2oc(-c3ccc4c(oc5ccccc54)c3-c3ccccc3)c3ccccc23)cc1. The molecule has 2 nitrogen and oxygen atoms in total. The fourth-order valence-corrected chi connectivity index (χ4v) is 5.91. The molecular weight excluding hydrogens is 488 g/mol. The van der Waals surface area contributed by atoms with E-state index in [9.17, 15) is 0 Å². The van der Waals surface area contributed by atoms with Crippen LogP contribution in [0.15, 0.2) is 154 Å². The topological polar surface area (TPSA) is 26.3 Å². The second-order valence-electron chi connectivity index (χ2n) is 10.0. The molecule has 0 bridgehead atoms. The smallest absolute Gasteiger partial charge is 0.143 e. The number of fused-ring (bicyclic) bond motifs is 4. The third-order valence-electron chi connectivity index (χ3n) is 7.73. The summed E-state index contributed by atoms with van der Waals surface area (Å²) in [5.41, 5.74) is 8.27. The third-order valence-corrected chi connectivity index (χ3v) is 7.73. The zero-order valence-electron chi connectivity index (χ0n) is 21.7. The Morgan fingerprint density at radius 3 is 1.60 bits per heavy atom. The van der Waals surface area contributed by atoms with E-state index in [1.165, 1.54) is 0 Å². The Bertz CT molecular complexity index is 2150. The normalized spacial score (nSPS) is 11.5. The van der Waals surface area contributed by atoms with Crippen molar-refractivity contribution in [2.45, 2.75) is 0 Å². The Balaban J connectivity index is 1.45. The minimum Gasteiger partial charge on any atom is -0.455 e. The standard InChI is InChI=1S/C38H24O2/c1-3-13-25(14-4-1)27-17-7-8-19-29(27)36-30-20-9-10-21-31(30)37(40-36)33-24-23-32-28-18-11-12-22-34(28)39-38(32)35(33)26-15-5-2-6-16-26/h1-24H. The lowest BCUT2D eigenvalue weighted by atomic mass is 9.93. The van der Waals surface area contributed by atoms with Crippen molar-refractivity contribution in [1.82, 2.24) is 0 Å². The molecule has 0 spiro atoms. The Morgan fingerprint density at radius 2 is 0.875 bits per heavy atom. The summed E-state index contributed by atoms with van der Waals surface area (Å²) in [7, 11) is 0. The van der Waals surface area contributed by atoms with Crippen molar-refractivity contribution in [3.63, 3.8) is 0 Å². The maximum absolute atomic E-state index is 6.94. The van der Waals surface area contributed by atoms with E-state index in [-0.39, 0.29) is 0 Å². The van der Waals surface area contributed by atoms with Gasteiger partial charge in [0.1, 0.15) is 22.7 Å². The first-order valence-corrected chi connectivity index (χ1v) is 13.5. The van der Waals surface area contributed by atoms with Crippen LogP contribution in [0.25, 0.3) is 77.6 Å². The zero-order chi connectivity index (χ0) is 26.5. The molecule has 2 heterocycles. The highest BCUT2D eigenvalue weighted by Gasteiger charge is 2.23. The number of furan rings is 2. The first-order valence-electron chi connectivity index (χ1n) is 13.5. The summed E-state index contributed by atoms with van der Waals surface area (Å²) < 4.78 is 13.5. The molecule has 0 fully saturated rings. The van der Waals surface area contributed by atoms with Crippen molar-refractivity contribution in [2.75, 3.05) is 0 Å². The lowest BCUT2D eigenvalue weighted by Crippen LogP contribution is -1.86. The van der Waals surface area contributed by atoms with Crippen molar-refractivity contribution < 1.29 is 8.83 Å². The summed E-state index contributed by atoms with van der Waals surface area (Å²) in [5, 5.41) is 4.38. The summed E-state index contributed by atoms with van der Waals surface area (Å²) in [5.74, 6) is 1.71. The van der Waals surface area contributed by atoms with Crippen LogP contribution >= 0.6 is 0 Å². The van der Waals surface area contributed by atoms with E-state index in [0.717, 1.165) is 77.6 Å². The van der Waals surface area contributed by atoms with Crippen molar-refractivity contribution in [3.05, 3.63) is 146 Å². The van der Waals surface area contributed by atoms with Crippen LogP contribution in [-0.4, -0.2) is 0 Å². The van der Waals surface area contributed by atoms with E-state index < -0.39 is 0 Å². The second kappa shape index (κ2) is 9.14. The number of benzene rings is 6. The van der Waals surface area contributed by atoms with Gasteiger partial charge in [0.25, 0.3) is 0 Å². The first-order chi connectivity index (χ1) is 19.9. The maximum atomic E-state index is 6.94. The van der Waals surface area contributed by atoms with Gasteiger partial charge in [-0.05, 0) is 34.9 Å². The highest BCUT2D eigenvalue weighted by atomic mass is 16.3. The third kappa shape index (κ3) is 3.50. The van der Waals surface area contributed by atoms with Crippen LogP contribution in [-0.2, 0) is 0 Å². The molecule has 0 aliphatic carbocycles. The van der Waals surface area contributed by atoms with Gasteiger partial charge in [0.05, 0.1) is 0 Å². The fraction of sp³-hybridized carbons (Fsp3) is 0. The van der Waals surface area contributed by atoms with Crippen LogP contribution in [0.4, 0.5) is 0 Å². The van der Waals surface area contributed by atoms with Crippen LogP contribution in [0.2, 0.25) is 0 Å². The first kappa shape index (κ1) is 22.6. The fourth-order valence-electron chi connectivity index (χ4n) is 5.91. The molecule has 0 atom stereocenters. The number of rotatable bonds is 4. The van der Waals surface area contributed by atoms with Gasteiger partial charge in [0.2, 0.25) is 0 Å². The lowest BCUT2D eigenvalue weighted by molar-refractivity contribution is 0.602. The molecule has 0 unspecified atom stereocenters. The van der Waals surface area contributed by atoms with Gasteiger partial charge < -0.3 is 8.83 Å². The van der Waals surface area contributed by atoms with Gasteiger partial charge in [-0.1, -0.05) is 127 Å². The Labute approximate surface area is 231 Å². The van der Waals surface area contributed by atoms with Gasteiger partial charge in [0, 0.05) is 38.2 Å². The molecule has 0 N–H and O–H groups in total. The highest BCUT2D eigenvalue weighted by Crippen LogP contribution is 2.47. The molecule has 0 saturated heterocycles. The van der Waals surface area contributed by atoms with E-state index in [1.807, 2.05) is 24.3 Å². The van der Waals surface area contributed by atoms with Crippen LogP contribution in [0.3, 0.4) is 0 Å². The van der Waals surface area contributed by atoms with Crippen molar-refractivity contribution >= 4 is 32.7 Å². The molecule has 188 valence electrons. The van der Waals surface area contributed by atoms with Gasteiger partial charge in [0.15, 0.2) is 0 Å². The average molecular weight is 513 g/mol. The zero-order valence-corrected chi connectivity index (χ0v) is 21.7. The molecule has 8 aromatic rings. The molecule has 2 aromatic heterocycles. The van der Waals surface area contributed by atoms with Gasteiger partial charge in [-0.15, -0.1) is 0 Å². The van der Waals surface area contributed by atoms with Gasteiger partial charge >= 0.3 is 0 Å². The highest BCUT2D eigenvalue weighted by molar-refractivity contribution is 6.15. The molecule has 0 saturated carbocycles. The number of para-hydroxylation sites is 1. The van der Waals surface area contributed by atoms with Crippen molar-refractivity contribution in [1.29, 1.82) is 0 Å². The molecule has 0 amide bonds. The quantitative estimate of drug-likeness (QED) is 0.234. The summed E-state index contributed by atoms with van der Waals surface area (Å²) in [6.45, 7) is 0. The number of hydrogen-bond acceptors (Lipinski definition) is 2. The van der Waals surface area contributed by atoms with Crippen LogP contribution in [0.1, 0.15) is 0 Å². The predicted molar refractivity (Wildman–Crippen MR) is 165 cm³/mol. The predicted octanol–water partition coefficient (Wildman–Crippen LogP) is 11.0. The molecule has 0 aliphatic heterocycles. The summed E-state index contributed by atoms with van der Waals surface area (Å²) in [6, 6.07) is 50.5. The van der Waals surface area contributed by atoms with E-state index in [4.69, 9.17) is 8.83 Å². The second-order valence-corrected chi connectivity index (χ2v) is 10.0. The molecule has 8 rings (SSSR count). The van der Waals surface area contributed by atoms with Gasteiger partial charge in [-0.2, -0.15) is 0 Å². The average Bonchev–Trinajstić information content (AvgIpc) is 3.60. The Kier molecular flexibility index (Phi) is 5.17. The maximum Gasteiger partial charge on any atom is 0.143 e. The molecule has 6 aromatic carbocycles. The minimum atomic E-state index is 0.842. The molecule has 0 radical (unpaired) electrons. The van der Waals surface area contributed by atoms with Gasteiger partial charge in [-0.3, -0.25) is 0 Å². The van der Waals surface area contributed by atoms with Crippen LogP contribution < -0.4 is 0 Å². The van der Waals surface area contributed by atoms with E-state index in [0.29, 0.717) is 0 Å². The summed E-state index contributed by atoms with van der Waals surface area (Å²) in [4.78, 5) is 0. The summed E-state index contributed by atoms with van der Waals surface area (Å²) in [6.07, 6.45) is 0. The van der Waals surface area contributed by atoms with Crippen molar-refractivity contribution in [2.24, 2.45) is 0 Å². The van der Waals surface area contributed by atoms with E-state index >= 15 is 0 Å². The molecule has 2 heteroatoms. The lowest BCUT2D eigenvalue weighted by Gasteiger charge is -2.10. The molecular formula is C38H24O2. The van der Waals surface area contributed by atoms with E-state index in [2.05, 4.69) is 121 Å². The Morgan fingerprint density at radius 1 is 0.325 bits per heavy atom. The molecule has 40 heavy (non-hydrogen) atoms. The van der Waals surface area contributed by atoms with E-state index in [1.54, 1.807) is 0 Å². The summed E-state index contributed by atoms with van der Waals surface area (Å²) >= 11 is 0. The van der Waals surface area contributed by atoms with Crippen LogP contribution in [0, 0.1) is 0 Å².